The zero-order valence-corrected chi connectivity index (χ0v) is 17.6. The maximum Gasteiger partial charge on any atom is 0.254 e. The highest BCUT2D eigenvalue weighted by molar-refractivity contribution is 6.35. The van der Waals surface area contributed by atoms with Crippen molar-refractivity contribution in [3.05, 3.63) is 69.5 Å². The Morgan fingerprint density at radius 2 is 2.03 bits per heavy atom. The first-order chi connectivity index (χ1) is 13.8. The summed E-state index contributed by atoms with van der Waals surface area (Å²) in [6, 6.07) is 10.6. The van der Waals surface area contributed by atoms with E-state index in [9.17, 15) is 4.79 Å². The van der Waals surface area contributed by atoms with E-state index in [1.807, 2.05) is 19.1 Å². The summed E-state index contributed by atoms with van der Waals surface area (Å²) in [6.07, 6.45) is 1.58. The van der Waals surface area contributed by atoms with Crippen molar-refractivity contribution in [2.24, 2.45) is 7.05 Å². The molecule has 0 bridgehead atoms. The van der Waals surface area contributed by atoms with Crippen LogP contribution in [0.2, 0.25) is 10.0 Å². The first kappa shape index (κ1) is 19.5. The van der Waals surface area contributed by atoms with Gasteiger partial charge in [0.25, 0.3) is 5.91 Å². The van der Waals surface area contributed by atoms with Crippen molar-refractivity contribution < 1.29 is 9.21 Å². The minimum atomic E-state index is -0.160. The largest absolute Gasteiger partial charge is 0.463 e. The number of aryl methyl sites for hydroxylation is 2. The average molecular weight is 429 g/mol. The number of rotatable bonds is 4. The predicted molar refractivity (Wildman–Crippen MR) is 113 cm³/mol. The number of fused-ring (bicyclic) bond motifs is 1. The van der Waals surface area contributed by atoms with Gasteiger partial charge in [-0.15, -0.1) is 0 Å². The van der Waals surface area contributed by atoms with E-state index in [1.54, 1.807) is 54.2 Å². The molecule has 0 fully saturated rings. The molecule has 1 aromatic carbocycles. The molecule has 0 radical (unpaired) electrons. The third-order valence-electron chi connectivity index (χ3n) is 4.74. The Bertz CT molecular complexity index is 1220. The van der Waals surface area contributed by atoms with Crippen molar-refractivity contribution >= 4 is 40.1 Å². The predicted octanol–water partition coefficient (Wildman–Crippen LogP) is 5.12. The van der Waals surface area contributed by atoms with Gasteiger partial charge in [-0.3, -0.25) is 9.48 Å². The van der Waals surface area contributed by atoms with Gasteiger partial charge in [0.2, 0.25) is 0 Å². The summed E-state index contributed by atoms with van der Waals surface area (Å²) >= 11 is 12.3. The van der Waals surface area contributed by atoms with Crippen LogP contribution in [0.4, 0.5) is 0 Å². The molecule has 29 heavy (non-hydrogen) atoms. The first-order valence-electron chi connectivity index (χ1n) is 8.92. The van der Waals surface area contributed by atoms with E-state index in [0.29, 0.717) is 39.3 Å². The number of pyridine rings is 1. The molecule has 0 spiro atoms. The fourth-order valence-corrected chi connectivity index (χ4v) is 3.82. The zero-order chi connectivity index (χ0) is 20.7. The Kier molecular flexibility index (Phi) is 5.06. The van der Waals surface area contributed by atoms with Gasteiger partial charge >= 0.3 is 0 Å². The number of hydrogen-bond acceptors (Lipinski definition) is 4. The Balaban J connectivity index is 1.78. The number of hydrogen-bond donors (Lipinski definition) is 0. The molecule has 0 atom stereocenters. The monoisotopic (exact) mass is 428 g/mol. The maximum absolute atomic E-state index is 13.4. The number of aromatic nitrogens is 3. The normalized spacial score (nSPS) is 11.2. The van der Waals surface area contributed by atoms with Crippen LogP contribution in [0.1, 0.15) is 21.6 Å². The highest BCUT2D eigenvalue weighted by atomic mass is 35.5. The van der Waals surface area contributed by atoms with Gasteiger partial charge in [-0.2, -0.15) is 5.10 Å². The summed E-state index contributed by atoms with van der Waals surface area (Å²) < 4.78 is 7.16. The quantitative estimate of drug-likeness (QED) is 0.452. The Hall–Kier alpha value is -2.83. The molecule has 6 nitrogen and oxygen atoms in total. The molecule has 0 saturated carbocycles. The topological polar surface area (TPSA) is 64.2 Å². The van der Waals surface area contributed by atoms with Crippen LogP contribution >= 0.6 is 23.2 Å². The Morgan fingerprint density at radius 1 is 1.24 bits per heavy atom. The SMILES string of the molecule is Cc1nn(C)c2nc(-c3ccco3)cc(C(=O)N(C)Cc3ccc(Cl)cc3Cl)c12. The molecule has 0 aliphatic heterocycles. The Morgan fingerprint density at radius 3 is 2.72 bits per heavy atom. The molecule has 148 valence electrons. The minimum Gasteiger partial charge on any atom is -0.463 e. The summed E-state index contributed by atoms with van der Waals surface area (Å²) in [5.74, 6) is 0.426. The molecule has 3 aromatic heterocycles. The van der Waals surface area contributed by atoms with Crippen LogP contribution in [0.15, 0.2) is 47.1 Å². The molecular formula is C21H18Cl2N4O2. The lowest BCUT2D eigenvalue weighted by molar-refractivity contribution is 0.0787. The minimum absolute atomic E-state index is 0.160. The van der Waals surface area contributed by atoms with Crippen LogP contribution in [0.5, 0.6) is 0 Å². The Labute approximate surface area is 177 Å². The highest BCUT2D eigenvalue weighted by Gasteiger charge is 2.22. The number of furan rings is 1. The van der Waals surface area contributed by atoms with Gasteiger partial charge in [0.1, 0.15) is 5.69 Å². The summed E-state index contributed by atoms with van der Waals surface area (Å²) in [5.41, 5.74) is 3.26. The molecule has 4 rings (SSSR count). The molecule has 8 heteroatoms. The molecule has 4 aromatic rings. The van der Waals surface area contributed by atoms with Crippen molar-refractivity contribution in [3.63, 3.8) is 0 Å². The lowest BCUT2D eigenvalue weighted by Gasteiger charge is -2.19. The summed E-state index contributed by atoms with van der Waals surface area (Å²) in [7, 11) is 3.54. The van der Waals surface area contributed by atoms with Crippen LogP contribution in [0.25, 0.3) is 22.5 Å². The van der Waals surface area contributed by atoms with Crippen molar-refractivity contribution in [3.8, 4) is 11.5 Å². The molecule has 0 saturated heterocycles. The zero-order valence-electron chi connectivity index (χ0n) is 16.1. The van der Waals surface area contributed by atoms with E-state index in [0.717, 1.165) is 16.6 Å². The van der Waals surface area contributed by atoms with Crippen LogP contribution in [-0.4, -0.2) is 32.6 Å². The number of nitrogens with zero attached hydrogens (tertiary/aromatic N) is 4. The number of carbonyl (C=O) groups excluding carboxylic acids is 1. The second-order valence-electron chi connectivity index (χ2n) is 6.84. The molecular weight excluding hydrogens is 411 g/mol. The summed E-state index contributed by atoms with van der Waals surface area (Å²) in [5, 5.41) is 6.24. The molecule has 0 aliphatic carbocycles. The van der Waals surface area contributed by atoms with E-state index in [1.165, 1.54) is 0 Å². The van der Waals surface area contributed by atoms with Crippen molar-refractivity contribution in [2.45, 2.75) is 13.5 Å². The highest BCUT2D eigenvalue weighted by Crippen LogP contribution is 2.29. The van der Waals surface area contributed by atoms with E-state index in [4.69, 9.17) is 27.6 Å². The van der Waals surface area contributed by atoms with Gasteiger partial charge in [-0.25, -0.2) is 4.98 Å². The number of amides is 1. The van der Waals surface area contributed by atoms with E-state index in [-0.39, 0.29) is 5.91 Å². The first-order valence-corrected chi connectivity index (χ1v) is 9.68. The molecule has 0 unspecified atom stereocenters. The van der Waals surface area contributed by atoms with Gasteiger partial charge in [0, 0.05) is 30.7 Å². The smallest absolute Gasteiger partial charge is 0.254 e. The van der Waals surface area contributed by atoms with Gasteiger partial charge in [0.15, 0.2) is 11.4 Å². The third kappa shape index (κ3) is 3.61. The van der Waals surface area contributed by atoms with Gasteiger partial charge in [-0.05, 0) is 42.8 Å². The maximum atomic E-state index is 13.4. The fourth-order valence-electron chi connectivity index (χ4n) is 3.35. The molecule has 1 amide bonds. The van der Waals surface area contributed by atoms with Crippen LogP contribution in [0, 0.1) is 6.92 Å². The van der Waals surface area contributed by atoms with Gasteiger partial charge < -0.3 is 9.32 Å². The summed E-state index contributed by atoms with van der Waals surface area (Å²) in [6.45, 7) is 2.21. The number of benzene rings is 1. The third-order valence-corrected chi connectivity index (χ3v) is 5.33. The average Bonchev–Trinajstić information content (AvgIpc) is 3.31. The van der Waals surface area contributed by atoms with E-state index < -0.39 is 0 Å². The van der Waals surface area contributed by atoms with Crippen molar-refractivity contribution in [2.75, 3.05) is 7.05 Å². The number of carbonyl (C=O) groups is 1. The van der Waals surface area contributed by atoms with Crippen LogP contribution < -0.4 is 0 Å². The lowest BCUT2D eigenvalue weighted by Crippen LogP contribution is -2.26. The van der Waals surface area contributed by atoms with Gasteiger partial charge in [-0.1, -0.05) is 29.3 Å². The van der Waals surface area contributed by atoms with Gasteiger partial charge in [0.05, 0.1) is 22.9 Å². The molecule has 3 heterocycles. The van der Waals surface area contributed by atoms with Crippen molar-refractivity contribution in [1.82, 2.24) is 19.7 Å². The summed E-state index contributed by atoms with van der Waals surface area (Å²) in [4.78, 5) is 19.6. The molecule has 0 aliphatic rings. The molecule has 0 N–H and O–H groups in total. The van der Waals surface area contributed by atoms with E-state index in [2.05, 4.69) is 10.1 Å². The second-order valence-corrected chi connectivity index (χ2v) is 7.68. The standard InChI is InChI=1S/C21H18Cl2N4O2/c1-12-19-15(21(28)26(2)11-13-6-7-14(22)9-16(13)23)10-17(18-5-4-8-29-18)24-20(19)27(3)25-12/h4-10H,11H2,1-3H3. The van der Waals surface area contributed by atoms with Crippen LogP contribution in [0.3, 0.4) is 0 Å². The second kappa shape index (κ2) is 7.54. The number of halogens is 2. The van der Waals surface area contributed by atoms with Crippen molar-refractivity contribution in [1.29, 1.82) is 0 Å². The fraction of sp³-hybridized carbons (Fsp3) is 0.190. The van der Waals surface area contributed by atoms with Crippen LogP contribution in [-0.2, 0) is 13.6 Å². The van der Waals surface area contributed by atoms with E-state index >= 15 is 0 Å². The lowest BCUT2D eigenvalue weighted by atomic mass is 10.1.